The van der Waals surface area contributed by atoms with Gasteiger partial charge in [0.15, 0.2) is 5.82 Å². The lowest BCUT2D eigenvalue weighted by Gasteiger charge is -2.20. The molecule has 4 rings (SSSR count). The van der Waals surface area contributed by atoms with E-state index < -0.39 is 11.9 Å². The summed E-state index contributed by atoms with van der Waals surface area (Å²) in [6.45, 7) is 1.90. The largest absolute Gasteiger partial charge is 0.447 e. The summed E-state index contributed by atoms with van der Waals surface area (Å²) in [4.78, 5) is 29.4. The van der Waals surface area contributed by atoms with Gasteiger partial charge in [-0.25, -0.2) is 14.2 Å². The molecule has 2 heterocycles. The van der Waals surface area contributed by atoms with Crippen molar-refractivity contribution in [3.63, 3.8) is 0 Å². The standard InChI is InChI=1S/C18H16FN5O3/c1-8-7-27-18(26)24(8)13-3-9-4-14(22-6-12(9)16(21)15(13)19)23-17(25)11-2-10(11)5-20/h3-4,6,8,10-11H,2,7,21H2,1H3,(H,22,23,25)/t8-,10?,11?/m1/s1. The molecule has 2 unspecified atom stereocenters. The number of pyridine rings is 1. The molecule has 2 fully saturated rings. The highest BCUT2D eigenvalue weighted by atomic mass is 19.1. The summed E-state index contributed by atoms with van der Waals surface area (Å²) in [5, 5.41) is 12.4. The van der Waals surface area contributed by atoms with Gasteiger partial charge in [-0.3, -0.25) is 9.69 Å². The van der Waals surface area contributed by atoms with Gasteiger partial charge in [0, 0.05) is 11.6 Å². The van der Waals surface area contributed by atoms with Crippen LogP contribution in [-0.2, 0) is 9.53 Å². The Morgan fingerprint density at radius 2 is 2.30 bits per heavy atom. The summed E-state index contributed by atoms with van der Waals surface area (Å²) >= 11 is 0. The number of fused-ring (bicyclic) bond motifs is 1. The summed E-state index contributed by atoms with van der Waals surface area (Å²) in [5.41, 5.74) is 5.79. The van der Waals surface area contributed by atoms with E-state index in [1.54, 1.807) is 13.0 Å². The average molecular weight is 369 g/mol. The third-order valence-corrected chi connectivity index (χ3v) is 4.87. The van der Waals surface area contributed by atoms with Gasteiger partial charge in [-0.05, 0) is 30.9 Å². The first kappa shape index (κ1) is 17.0. The first-order chi connectivity index (χ1) is 12.9. The molecule has 2 amide bonds. The van der Waals surface area contributed by atoms with E-state index in [0.29, 0.717) is 17.2 Å². The molecule has 0 radical (unpaired) electrons. The first-order valence-electron chi connectivity index (χ1n) is 8.45. The van der Waals surface area contributed by atoms with Gasteiger partial charge in [0.1, 0.15) is 12.4 Å². The number of halogens is 1. The van der Waals surface area contributed by atoms with Crippen molar-refractivity contribution in [1.29, 1.82) is 5.26 Å². The normalized spacial score (nSPS) is 23.8. The Morgan fingerprint density at radius 1 is 1.52 bits per heavy atom. The molecule has 8 nitrogen and oxygen atoms in total. The number of nitriles is 1. The van der Waals surface area contributed by atoms with Crippen molar-refractivity contribution in [3.8, 4) is 6.07 Å². The average Bonchev–Trinajstić information content (AvgIpc) is 3.37. The van der Waals surface area contributed by atoms with Crippen LogP contribution in [0.4, 0.5) is 26.4 Å². The highest BCUT2D eigenvalue weighted by Gasteiger charge is 2.43. The van der Waals surface area contributed by atoms with Gasteiger partial charge in [-0.2, -0.15) is 5.26 Å². The number of cyclic esters (lactones) is 1. The van der Waals surface area contributed by atoms with Crippen LogP contribution in [-0.4, -0.2) is 29.6 Å². The van der Waals surface area contributed by atoms with Gasteiger partial charge in [-0.1, -0.05) is 0 Å². The minimum atomic E-state index is -0.721. The lowest BCUT2D eigenvalue weighted by atomic mass is 10.1. The number of benzene rings is 1. The quantitative estimate of drug-likeness (QED) is 0.801. The van der Waals surface area contributed by atoms with E-state index in [9.17, 15) is 14.0 Å². The SMILES string of the molecule is C[C@@H]1COC(=O)N1c1cc2cc(NC(=O)C3CC3C#N)ncc2c(N)c1F. The maximum absolute atomic E-state index is 14.7. The zero-order valence-corrected chi connectivity index (χ0v) is 14.4. The molecule has 1 aliphatic heterocycles. The Balaban J connectivity index is 1.70. The monoisotopic (exact) mass is 369 g/mol. The number of rotatable bonds is 3. The van der Waals surface area contributed by atoms with Crippen LogP contribution >= 0.6 is 0 Å². The van der Waals surface area contributed by atoms with Crippen molar-refractivity contribution >= 4 is 40.0 Å². The number of hydrogen-bond donors (Lipinski definition) is 2. The number of carbonyl (C=O) groups excluding carboxylic acids is 2. The minimum Gasteiger partial charge on any atom is -0.447 e. The second-order valence-corrected chi connectivity index (χ2v) is 6.78. The predicted molar refractivity (Wildman–Crippen MR) is 95.2 cm³/mol. The number of amides is 2. The van der Waals surface area contributed by atoms with Crippen LogP contribution in [0.2, 0.25) is 0 Å². The number of nitrogen functional groups attached to an aromatic ring is 1. The Hall–Kier alpha value is -3.41. The molecular formula is C18H16FN5O3. The molecule has 1 aromatic heterocycles. The molecule has 0 spiro atoms. The summed E-state index contributed by atoms with van der Waals surface area (Å²) in [5.74, 6) is -1.32. The molecule has 0 bridgehead atoms. The third kappa shape index (κ3) is 2.79. The van der Waals surface area contributed by atoms with E-state index in [4.69, 9.17) is 15.7 Å². The van der Waals surface area contributed by atoms with E-state index in [2.05, 4.69) is 16.4 Å². The summed E-state index contributed by atoms with van der Waals surface area (Å²) in [6, 6.07) is 4.77. The Kier molecular flexibility index (Phi) is 3.84. The summed E-state index contributed by atoms with van der Waals surface area (Å²) < 4.78 is 19.7. The van der Waals surface area contributed by atoms with E-state index in [1.807, 2.05) is 0 Å². The molecule has 138 valence electrons. The van der Waals surface area contributed by atoms with Gasteiger partial charge < -0.3 is 15.8 Å². The van der Waals surface area contributed by atoms with Gasteiger partial charge in [-0.15, -0.1) is 0 Å². The molecule has 1 aromatic carbocycles. The summed E-state index contributed by atoms with van der Waals surface area (Å²) in [7, 11) is 0. The molecule has 3 N–H and O–H groups in total. The van der Waals surface area contributed by atoms with Crippen LogP contribution < -0.4 is 16.0 Å². The molecule has 1 aliphatic carbocycles. The molecule has 2 aliphatic rings. The molecule has 3 atom stereocenters. The Bertz CT molecular complexity index is 1020. The van der Waals surface area contributed by atoms with E-state index in [1.165, 1.54) is 17.2 Å². The molecular weight excluding hydrogens is 353 g/mol. The second-order valence-electron chi connectivity index (χ2n) is 6.78. The number of aromatic nitrogens is 1. The number of anilines is 3. The maximum atomic E-state index is 14.7. The first-order valence-corrected chi connectivity index (χ1v) is 8.45. The molecule has 1 saturated carbocycles. The van der Waals surface area contributed by atoms with Gasteiger partial charge in [0.25, 0.3) is 0 Å². The highest BCUT2D eigenvalue weighted by molar-refractivity contribution is 6.02. The smallest absolute Gasteiger partial charge is 0.414 e. The van der Waals surface area contributed by atoms with E-state index in [0.717, 1.165) is 0 Å². The van der Waals surface area contributed by atoms with Crippen molar-refractivity contribution in [1.82, 2.24) is 4.98 Å². The molecule has 2 aromatic rings. The zero-order chi connectivity index (χ0) is 19.3. The van der Waals surface area contributed by atoms with Crippen molar-refractivity contribution in [2.45, 2.75) is 19.4 Å². The van der Waals surface area contributed by atoms with Crippen molar-refractivity contribution in [3.05, 3.63) is 24.1 Å². The number of nitrogens with two attached hydrogens (primary N) is 1. The molecule has 9 heteroatoms. The van der Waals surface area contributed by atoms with Crippen LogP contribution in [0.15, 0.2) is 18.3 Å². The number of hydrogen-bond acceptors (Lipinski definition) is 6. The summed E-state index contributed by atoms with van der Waals surface area (Å²) in [6.07, 6.45) is 1.26. The van der Waals surface area contributed by atoms with Gasteiger partial charge >= 0.3 is 6.09 Å². The second kappa shape index (κ2) is 6.09. The number of nitrogens with zero attached hydrogens (tertiary/aromatic N) is 3. The number of carbonyl (C=O) groups is 2. The zero-order valence-electron chi connectivity index (χ0n) is 14.4. The van der Waals surface area contributed by atoms with Gasteiger partial charge in [0.05, 0.1) is 35.3 Å². The van der Waals surface area contributed by atoms with Crippen molar-refractivity contribution < 1.29 is 18.7 Å². The molecule has 1 saturated heterocycles. The van der Waals surface area contributed by atoms with E-state index in [-0.39, 0.29) is 47.6 Å². The van der Waals surface area contributed by atoms with Crippen LogP contribution in [0.5, 0.6) is 0 Å². The van der Waals surface area contributed by atoms with Crippen molar-refractivity contribution in [2.75, 3.05) is 22.6 Å². The lowest BCUT2D eigenvalue weighted by molar-refractivity contribution is -0.117. The fourth-order valence-electron chi connectivity index (χ4n) is 3.22. The Labute approximate surface area is 153 Å². The van der Waals surface area contributed by atoms with Crippen LogP contribution in [0.3, 0.4) is 0 Å². The fourth-order valence-corrected chi connectivity index (χ4v) is 3.22. The van der Waals surface area contributed by atoms with Gasteiger partial charge in [0.2, 0.25) is 5.91 Å². The maximum Gasteiger partial charge on any atom is 0.414 e. The van der Waals surface area contributed by atoms with E-state index >= 15 is 0 Å². The van der Waals surface area contributed by atoms with Crippen LogP contribution in [0.25, 0.3) is 10.8 Å². The number of nitrogens with one attached hydrogen (secondary N) is 1. The third-order valence-electron chi connectivity index (χ3n) is 4.87. The number of ether oxygens (including phenoxy) is 1. The fraction of sp³-hybridized carbons (Fsp3) is 0.333. The van der Waals surface area contributed by atoms with Crippen LogP contribution in [0, 0.1) is 29.0 Å². The van der Waals surface area contributed by atoms with Crippen LogP contribution in [0.1, 0.15) is 13.3 Å². The predicted octanol–water partition coefficient (Wildman–Crippen LogP) is 2.40. The minimum absolute atomic E-state index is 0.0187. The Morgan fingerprint density at radius 3 is 2.93 bits per heavy atom. The highest BCUT2D eigenvalue weighted by Crippen LogP contribution is 2.39. The topological polar surface area (TPSA) is 121 Å². The van der Waals surface area contributed by atoms with Crippen molar-refractivity contribution in [2.24, 2.45) is 11.8 Å². The lowest BCUT2D eigenvalue weighted by Crippen LogP contribution is -2.31. The molecule has 27 heavy (non-hydrogen) atoms.